The number of carbonyl (C=O) groups excluding carboxylic acids is 2. The molecule has 1 heterocycles. The number of rotatable bonds is 9. The molecule has 130 valence electrons. The van der Waals surface area contributed by atoms with E-state index in [2.05, 4.69) is 0 Å². The fourth-order valence-corrected chi connectivity index (χ4v) is 2.00. The molecule has 0 fully saturated rings. The van der Waals surface area contributed by atoms with E-state index in [9.17, 15) is 14.4 Å². The predicted octanol–water partition coefficient (Wildman–Crippen LogP) is 0.723. The fraction of sp³-hybridized carbons (Fsp3) is 0.667. The van der Waals surface area contributed by atoms with Crippen molar-refractivity contribution in [1.29, 1.82) is 0 Å². The van der Waals surface area contributed by atoms with Crippen LogP contribution in [-0.4, -0.2) is 77.9 Å². The van der Waals surface area contributed by atoms with Crippen molar-refractivity contribution in [3.05, 3.63) is 12.2 Å². The third kappa shape index (κ3) is 6.37. The Balaban J connectivity index is 2.06. The number of carboxylic acid groups (broad SMARTS) is 1. The standard InChI is InChI=1S/C15H24N2O6/c1-15(2,3)17(14(20)21)7-9-23-11-10-22-8-6-16-12(18)4-5-13(16)19/h4-5H,6-11H2,1-3H3,(H,20,21). The van der Waals surface area contributed by atoms with Gasteiger partial charge in [0.1, 0.15) is 0 Å². The van der Waals surface area contributed by atoms with Crippen LogP contribution < -0.4 is 0 Å². The highest BCUT2D eigenvalue weighted by Crippen LogP contribution is 2.12. The first kappa shape index (κ1) is 19.1. The molecule has 0 saturated heterocycles. The van der Waals surface area contributed by atoms with Gasteiger partial charge in [0.15, 0.2) is 0 Å². The quantitative estimate of drug-likeness (QED) is 0.495. The predicted molar refractivity (Wildman–Crippen MR) is 82.0 cm³/mol. The number of ether oxygens (including phenoxy) is 2. The fourth-order valence-electron chi connectivity index (χ4n) is 2.00. The van der Waals surface area contributed by atoms with Gasteiger partial charge in [-0.05, 0) is 20.8 Å². The summed E-state index contributed by atoms with van der Waals surface area (Å²) >= 11 is 0. The monoisotopic (exact) mass is 328 g/mol. The van der Waals surface area contributed by atoms with Gasteiger partial charge in [0, 0.05) is 24.2 Å². The molecule has 23 heavy (non-hydrogen) atoms. The molecule has 0 atom stereocenters. The molecule has 0 aliphatic carbocycles. The lowest BCUT2D eigenvalue weighted by molar-refractivity contribution is -0.137. The van der Waals surface area contributed by atoms with Crippen molar-refractivity contribution in [2.45, 2.75) is 26.3 Å². The van der Waals surface area contributed by atoms with Gasteiger partial charge in [0.2, 0.25) is 0 Å². The normalized spacial score (nSPS) is 14.7. The van der Waals surface area contributed by atoms with Crippen molar-refractivity contribution in [3.8, 4) is 0 Å². The number of hydrogen-bond acceptors (Lipinski definition) is 5. The van der Waals surface area contributed by atoms with E-state index in [-0.39, 0.29) is 38.1 Å². The summed E-state index contributed by atoms with van der Waals surface area (Å²) in [4.78, 5) is 36.1. The lowest BCUT2D eigenvalue weighted by Crippen LogP contribution is -2.46. The maximum atomic E-state index is 11.3. The Morgan fingerprint density at radius 1 is 1.09 bits per heavy atom. The summed E-state index contributed by atoms with van der Waals surface area (Å²) in [6, 6.07) is 0. The van der Waals surface area contributed by atoms with Gasteiger partial charge in [-0.25, -0.2) is 4.79 Å². The van der Waals surface area contributed by atoms with Crippen LogP contribution in [-0.2, 0) is 19.1 Å². The number of amides is 3. The van der Waals surface area contributed by atoms with Crippen LogP contribution in [0.25, 0.3) is 0 Å². The van der Waals surface area contributed by atoms with E-state index in [0.717, 1.165) is 4.90 Å². The second kappa shape index (κ2) is 8.64. The first-order chi connectivity index (χ1) is 10.7. The van der Waals surface area contributed by atoms with Gasteiger partial charge in [0.25, 0.3) is 11.8 Å². The molecule has 3 amide bonds. The van der Waals surface area contributed by atoms with Crippen LogP contribution in [0.4, 0.5) is 4.79 Å². The summed E-state index contributed by atoms with van der Waals surface area (Å²) in [5, 5.41) is 9.11. The molecule has 0 spiro atoms. The molecule has 0 aromatic carbocycles. The van der Waals surface area contributed by atoms with Crippen LogP contribution >= 0.6 is 0 Å². The number of nitrogens with zero attached hydrogens (tertiary/aromatic N) is 2. The third-order valence-corrected chi connectivity index (χ3v) is 3.23. The SMILES string of the molecule is CC(C)(C)N(CCOCCOCCN1C(=O)C=CC1=O)C(=O)O. The zero-order chi connectivity index (χ0) is 17.5. The zero-order valence-electron chi connectivity index (χ0n) is 13.8. The molecular formula is C15H24N2O6. The molecule has 0 bridgehead atoms. The maximum Gasteiger partial charge on any atom is 0.407 e. The Bertz CT molecular complexity index is 451. The van der Waals surface area contributed by atoms with Crippen molar-refractivity contribution in [1.82, 2.24) is 9.80 Å². The molecule has 8 heteroatoms. The van der Waals surface area contributed by atoms with Gasteiger partial charge in [-0.3, -0.25) is 14.5 Å². The topological polar surface area (TPSA) is 96.4 Å². The van der Waals surface area contributed by atoms with Crippen LogP contribution in [0.3, 0.4) is 0 Å². The molecule has 0 unspecified atom stereocenters. The Morgan fingerprint density at radius 3 is 2.09 bits per heavy atom. The minimum Gasteiger partial charge on any atom is -0.465 e. The summed E-state index contributed by atoms with van der Waals surface area (Å²) in [5.41, 5.74) is -0.478. The highest BCUT2D eigenvalue weighted by molar-refractivity contribution is 6.12. The van der Waals surface area contributed by atoms with Gasteiger partial charge in [-0.1, -0.05) is 0 Å². The summed E-state index contributed by atoms with van der Waals surface area (Å²) in [5.74, 6) is -0.656. The van der Waals surface area contributed by atoms with Crippen molar-refractivity contribution >= 4 is 17.9 Å². The minimum absolute atomic E-state index is 0.210. The van der Waals surface area contributed by atoms with Gasteiger partial charge < -0.3 is 19.5 Å². The zero-order valence-corrected chi connectivity index (χ0v) is 13.8. The lowest BCUT2D eigenvalue weighted by atomic mass is 10.1. The molecule has 0 aromatic heterocycles. The Hall–Kier alpha value is -1.93. The average Bonchev–Trinajstić information content (AvgIpc) is 2.75. The molecule has 1 aliphatic heterocycles. The van der Waals surface area contributed by atoms with E-state index >= 15 is 0 Å². The van der Waals surface area contributed by atoms with E-state index in [1.54, 1.807) is 0 Å². The van der Waals surface area contributed by atoms with Crippen LogP contribution in [0.1, 0.15) is 20.8 Å². The Morgan fingerprint density at radius 2 is 1.61 bits per heavy atom. The van der Waals surface area contributed by atoms with Crippen molar-refractivity contribution in [2.24, 2.45) is 0 Å². The summed E-state index contributed by atoms with van der Waals surface area (Å²) in [6.07, 6.45) is 1.48. The van der Waals surface area contributed by atoms with Gasteiger partial charge in [0.05, 0.1) is 33.0 Å². The maximum absolute atomic E-state index is 11.3. The Labute approximate surface area is 135 Å². The molecule has 1 rings (SSSR count). The summed E-state index contributed by atoms with van der Waals surface area (Å²) in [6.45, 7) is 7.10. The van der Waals surface area contributed by atoms with E-state index in [1.807, 2.05) is 20.8 Å². The van der Waals surface area contributed by atoms with Crippen LogP contribution in [0.2, 0.25) is 0 Å². The first-order valence-corrected chi connectivity index (χ1v) is 7.43. The number of hydrogen-bond donors (Lipinski definition) is 1. The van der Waals surface area contributed by atoms with Crippen molar-refractivity contribution in [3.63, 3.8) is 0 Å². The second-order valence-electron chi connectivity index (χ2n) is 5.99. The minimum atomic E-state index is -0.981. The van der Waals surface area contributed by atoms with Gasteiger partial charge in [-0.2, -0.15) is 0 Å². The second-order valence-corrected chi connectivity index (χ2v) is 5.99. The Kier molecular flexibility index (Phi) is 7.18. The van der Waals surface area contributed by atoms with E-state index in [1.165, 1.54) is 17.1 Å². The van der Waals surface area contributed by atoms with Crippen LogP contribution in [0, 0.1) is 0 Å². The molecule has 0 aromatic rings. The highest BCUT2D eigenvalue weighted by atomic mass is 16.5. The molecule has 8 nitrogen and oxygen atoms in total. The number of imide groups is 1. The van der Waals surface area contributed by atoms with E-state index in [0.29, 0.717) is 13.2 Å². The molecule has 1 aliphatic rings. The molecule has 0 saturated carbocycles. The average molecular weight is 328 g/mol. The first-order valence-electron chi connectivity index (χ1n) is 7.43. The van der Waals surface area contributed by atoms with Gasteiger partial charge in [-0.15, -0.1) is 0 Å². The number of carbonyl (C=O) groups is 3. The van der Waals surface area contributed by atoms with Crippen molar-refractivity contribution in [2.75, 3.05) is 39.5 Å². The highest BCUT2D eigenvalue weighted by Gasteiger charge is 2.25. The molecule has 1 N–H and O–H groups in total. The molecular weight excluding hydrogens is 304 g/mol. The van der Waals surface area contributed by atoms with E-state index < -0.39 is 11.6 Å². The van der Waals surface area contributed by atoms with E-state index in [4.69, 9.17) is 14.6 Å². The molecule has 0 radical (unpaired) electrons. The summed E-state index contributed by atoms with van der Waals surface area (Å²) < 4.78 is 10.6. The smallest absolute Gasteiger partial charge is 0.407 e. The van der Waals surface area contributed by atoms with Crippen LogP contribution in [0.5, 0.6) is 0 Å². The largest absolute Gasteiger partial charge is 0.465 e. The van der Waals surface area contributed by atoms with Crippen LogP contribution in [0.15, 0.2) is 12.2 Å². The summed E-state index contributed by atoms with van der Waals surface area (Å²) in [7, 11) is 0. The van der Waals surface area contributed by atoms with Gasteiger partial charge >= 0.3 is 6.09 Å². The lowest BCUT2D eigenvalue weighted by Gasteiger charge is -2.32. The third-order valence-electron chi connectivity index (χ3n) is 3.23. The van der Waals surface area contributed by atoms with Crippen molar-refractivity contribution < 1.29 is 29.0 Å².